The van der Waals surface area contributed by atoms with E-state index in [4.69, 9.17) is 14.0 Å². The molecule has 3 atom stereocenters. The molecule has 2 aliphatic rings. The average Bonchev–Trinajstić information content (AvgIpc) is 3.22. The molecular formula is C22H39N5O4. The van der Waals surface area contributed by atoms with Crippen molar-refractivity contribution in [1.82, 2.24) is 25.3 Å². The number of alkyl carbamates (subject to hydrolysis) is 1. The number of rotatable bonds is 6. The maximum absolute atomic E-state index is 12.2. The zero-order chi connectivity index (χ0) is 22.8. The third kappa shape index (κ3) is 6.89. The van der Waals surface area contributed by atoms with Gasteiger partial charge in [0.1, 0.15) is 11.1 Å². The molecule has 3 rings (SSSR count). The fourth-order valence-electron chi connectivity index (χ4n) is 4.40. The molecule has 9 heteroatoms. The van der Waals surface area contributed by atoms with Crippen molar-refractivity contribution in [1.29, 1.82) is 0 Å². The number of nitrogens with zero attached hydrogens (tertiary/aromatic N) is 4. The van der Waals surface area contributed by atoms with Crippen molar-refractivity contribution in [3.8, 4) is 0 Å². The first-order valence-corrected chi connectivity index (χ1v) is 11.4. The molecule has 2 fully saturated rings. The molecule has 1 aromatic heterocycles. The molecule has 31 heavy (non-hydrogen) atoms. The molecule has 1 amide bonds. The summed E-state index contributed by atoms with van der Waals surface area (Å²) in [6, 6.07) is 0.473. The molecule has 0 aromatic carbocycles. The fraction of sp³-hybridized carbons (Fsp3) is 0.864. The van der Waals surface area contributed by atoms with Gasteiger partial charge in [-0.1, -0.05) is 5.16 Å². The van der Waals surface area contributed by atoms with Crippen LogP contribution in [0.2, 0.25) is 0 Å². The number of morpholine rings is 1. The van der Waals surface area contributed by atoms with E-state index >= 15 is 0 Å². The highest BCUT2D eigenvalue weighted by molar-refractivity contribution is 5.68. The van der Waals surface area contributed by atoms with Crippen LogP contribution in [0, 0.1) is 0 Å². The SMILES string of the molecule is CC1CN(CC2CCCN2Cc2nc(C(C)(C)NC(=O)OC(C)(C)C)no2)CC(C)O1. The summed E-state index contributed by atoms with van der Waals surface area (Å²) in [5.74, 6) is 1.02. The first-order valence-electron chi connectivity index (χ1n) is 11.4. The van der Waals surface area contributed by atoms with Gasteiger partial charge >= 0.3 is 6.09 Å². The number of likely N-dealkylation sites (tertiary alicyclic amines) is 1. The Morgan fingerprint density at radius 2 is 1.87 bits per heavy atom. The molecule has 2 saturated heterocycles. The lowest BCUT2D eigenvalue weighted by molar-refractivity contribution is -0.0726. The summed E-state index contributed by atoms with van der Waals surface area (Å²) in [5.41, 5.74) is -1.36. The van der Waals surface area contributed by atoms with Gasteiger partial charge in [0.2, 0.25) is 5.89 Å². The summed E-state index contributed by atoms with van der Waals surface area (Å²) in [5, 5.41) is 6.96. The summed E-state index contributed by atoms with van der Waals surface area (Å²) in [6.07, 6.45) is 2.39. The van der Waals surface area contributed by atoms with Gasteiger partial charge < -0.3 is 19.3 Å². The predicted molar refractivity (Wildman–Crippen MR) is 117 cm³/mol. The maximum atomic E-state index is 12.2. The zero-order valence-electron chi connectivity index (χ0n) is 20.1. The van der Waals surface area contributed by atoms with Crippen LogP contribution >= 0.6 is 0 Å². The van der Waals surface area contributed by atoms with E-state index in [1.165, 1.54) is 12.8 Å². The number of ether oxygens (including phenoxy) is 2. The first-order chi connectivity index (χ1) is 14.4. The summed E-state index contributed by atoms with van der Waals surface area (Å²) in [6.45, 7) is 18.1. The molecule has 0 saturated carbocycles. The Labute approximate surface area is 185 Å². The number of aromatic nitrogens is 2. The number of carbonyl (C=O) groups excluding carboxylic acids is 1. The van der Waals surface area contributed by atoms with Crippen molar-refractivity contribution >= 4 is 6.09 Å². The quantitative estimate of drug-likeness (QED) is 0.726. The van der Waals surface area contributed by atoms with Crippen molar-refractivity contribution in [3.05, 3.63) is 11.7 Å². The Morgan fingerprint density at radius 3 is 2.52 bits per heavy atom. The Kier molecular flexibility index (Phi) is 7.28. The van der Waals surface area contributed by atoms with Crippen molar-refractivity contribution < 1.29 is 18.8 Å². The Balaban J connectivity index is 1.57. The number of hydrogen-bond donors (Lipinski definition) is 1. The van der Waals surface area contributed by atoms with Crippen molar-refractivity contribution in [2.45, 2.75) is 97.2 Å². The van der Waals surface area contributed by atoms with Crippen molar-refractivity contribution in [2.24, 2.45) is 0 Å². The van der Waals surface area contributed by atoms with Crippen LogP contribution in [-0.4, -0.2) is 76.1 Å². The lowest BCUT2D eigenvalue weighted by atomic mass is 10.1. The number of nitrogens with one attached hydrogen (secondary N) is 1. The van der Waals surface area contributed by atoms with Gasteiger partial charge in [0.15, 0.2) is 5.82 Å². The number of carbonyl (C=O) groups is 1. The molecule has 3 heterocycles. The third-order valence-corrected chi connectivity index (χ3v) is 5.64. The molecule has 2 aliphatic heterocycles. The van der Waals surface area contributed by atoms with Crippen LogP contribution in [0.4, 0.5) is 4.79 Å². The standard InChI is InChI=1S/C22H39N5O4/c1-15-11-26(12-16(2)29-15)13-17-9-8-10-27(17)14-18-23-19(25-31-18)22(6,7)24-20(28)30-21(3,4)5/h15-17H,8-14H2,1-7H3,(H,24,28). The Hall–Kier alpha value is -1.71. The zero-order valence-corrected chi connectivity index (χ0v) is 20.1. The van der Waals surface area contributed by atoms with Gasteiger partial charge in [-0.2, -0.15) is 4.98 Å². The summed E-state index contributed by atoms with van der Waals surface area (Å²) >= 11 is 0. The minimum atomic E-state index is -0.797. The van der Waals surface area contributed by atoms with Gasteiger partial charge in [-0.05, 0) is 67.9 Å². The molecule has 0 bridgehead atoms. The largest absolute Gasteiger partial charge is 0.444 e. The second-order valence-corrected chi connectivity index (χ2v) is 10.5. The van der Waals surface area contributed by atoms with Gasteiger partial charge in [-0.3, -0.25) is 9.80 Å². The maximum Gasteiger partial charge on any atom is 0.408 e. The van der Waals surface area contributed by atoms with Gasteiger partial charge in [-0.15, -0.1) is 0 Å². The summed E-state index contributed by atoms with van der Waals surface area (Å²) in [7, 11) is 0. The van der Waals surface area contributed by atoms with Crippen molar-refractivity contribution in [2.75, 3.05) is 26.2 Å². The fourth-order valence-corrected chi connectivity index (χ4v) is 4.40. The van der Waals surface area contributed by atoms with Gasteiger partial charge in [0, 0.05) is 25.7 Å². The van der Waals surface area contributed by atoms with E-state index in [1.807, 2.05) is 34.6 Å². The molecule has 0 aliphatic carbocycles. The summed E-state index contributed by atoms with van der Waals surface area (Å²) < 4.78 is 16.8. The second-order valence-electron chi connectivity index (χ2n) is 10.5. The van der Waals surface area contributed by atoms with E-state index in [9.17, 15) is 4.79 Å². The van der Waals surface area contributed by atoms with E-state index in [0.29, 0.717) is 24.3 Å². The van der Waals surface area contributed by atoms with Crippen LogP contribution in [0.25, 0.3) is 0 Å². The Bertz CT molecular complexity index is 735. The monoisotopic (exact) mass is 437 g/mol. The third-order valence-electron chi connectivity index (χ3n) is 5.64. The molecule has 3 unspecified atom stereocenters. The lowest BCUT2D eigenvalue weighted by Gasteiger charge is -2.38. The number of amides is 1. The minimum absolute atomic E-state index is 0.275. The predicted octanol–water partition coefficient (Wildman–Crippen LogP) is 2.90. The first kappa shape index (κ1) is 23.9. The minimum Gasteiger partial charge on any atom is -0.444 e. The van der Waals surface area contributed by atoms with E-state index in [2.05, 4.69) is 39.1 Å². The molecule has 9 nitrogen and oxygen atoms in total. The van der Waals surface area contributed by atoms with Crippen LogP contribution in [-0.2, 0) is 21.6 Å². The summed E-state index contributed by atoms with van der Waals surface area (Å²) in [4.78, 5) is 21.7. The van der Waals surface area contributed by atoms with Gasteiger partial charge in [0.05, 0.1) is 18.8 Å². The topological polar surface area (TPSA) is 93.0 Å². The number of hydrogen-bond acceptors (Lipinski definition) is 8. The smallest absolute Gasteiger partial charge is 0.408 e. The van der Waals surface area contributed by atoms with Crippen LogP contribution in [0.5, 0.6) is 0 Å². The normalized spacial score (nSPS) is 26.2. The molecule has 1 aromatic rings. The molecule has 0 radical (unpaired) electrons. The Morgan fingerprint density at radius 1 is 1.19 bits per heavy atom. The van der Waals surface area contributed by atoms with E-state index in [-0.39, 0.29) is 12.2 Å². The molecule has 0 spiro atoms. The highest BCUT2D eigenvalue weighted by atomic mass is 16.6. The highest BCUT2D eigenvalue weighted by Crippen LogP contribution is 2.24. The molecule has 1 N–H and O–H groups in total. The van der Waals surface area contributed by atoms with E-state index in [1.54, 1.807) is 0 Å². The van der Waals surface area contributed by atoms with E-state index < -0.39 is 17.2 Å². The second kappa shape index (κ2) is 9.42. The molecule has 176 valence electrons. The van der Waals surface area contributed by atoms with Crippen LogP contribution in [0.3, 0.4) is 0 Å². The van der Waals surface area contributed by atoms with E-state index in [0.717, 1.165) is 26.2 Å². The van der Waals surface area contributed by atoms with Crippen molar-refractivity contribution in [3.63, 3.8) is 0 Å². The van der Waals surface area contributed by atoms with Crippen LogP contribution in [0.1, 0.15) is 73.0 Å². The van der Waals surface area contributed by atoms with Gasteiger partial charge in [0.25, 0.3) is 0 Å². The molecular weight excluding hydrogens is 398 g/mol. The average molecular weight is 438 g/mol. The van der Waals surface area contributed by atoms with Crippen LogP contribution < -0.4 is 5.32 Å². The highest BCUT2D eigenvalue weighted by Gasteiger charge is 2.33. The van der Waals surface area contributed by atoms with Crippen LogP contribution in [0.15, 0.2) is 4.52 Å². The lowest BCUT2D eigenvalue weighted by Crippen LogP contribution is -2.50. The van der Waals surface area contributed by atoms with Gasteiger partial charge in [-0.25, -0.2) is 4.79 Å².